The largest absolute Gasteiger partial charge is 0.480 e. The van der Waals surface area contributed by atoms with Gasteiger partial charge in [-0.15, -0.1) is 0 Å². The Kier molecular flexibility index (Phi) is 8.19. The number of alkyl halides is 3. The molecule has 1 saturated heterocycles. The maximum Gasteiger partial charge on any atom is 0.460 e. The summed E-state index contributed by atoms with van der Waals surface area (Å²) in [5.41, 5.74) is -2.60. The van der Waals surface area contributed by atoms with E-state index in [-0.39, 0.29) is 5.75 Å². The van der Waals surface area contributed by atoms with Crippen molar-refractivity contribution in [3.63, 3.8) is 0 Å². The van der Waals surface area contributed by atoms with Crippen molar-refractivity contribution in [2.24, 2.45) is 0 Å². The quantitative estimate of drug-likeness (QED) is 0.214. The number of ether oxygens (including phenoxy) is 1. The lowest BCUT2D eigenvalue weighted by molar-refractivity contribution is -0.237. The lowest BCUT2D eigenvalue weighted by atomic mass is 10.1. The van der Waals surface area contributed by atoms with E-state index in [1.165, 1.54) is 18.2 Å². The number of benzene rings is 2. The second-order valence-electron chi connectivity index (χ2n) is 8.82. The summed E-state index contributed by atoms with van der Waals surface area (Å²) in [5, 5.41) is 22.5. The van der Waals surface area contributed by atoms with Crippen molar-refractivity contribution in [2.75, 3.05) is 0 Å². The molecule has 1 fully saturated rings. The molecule has 2 heterocycles. The Bertz CT molecular complexity index is 1570. The molecule has 17 heteroatoms. The molecule has 12 nitrogen and oxygen atoms in total. The molecule has 1 aromatic heterocycles. The molecule has 0 amide bonds. The Morgan fingerprint density at radius 2 is 1.90 bits per heavy atom. The predicted octanol–water partition coefficient (Wildman–Crippen LogP) is 2.67. The van der Waals surface area contributed by atoms with E-state index >= 15 is 0 Å². The van der Waals surface area contributed by atoms with Crippen molar-refractivity contribution in [1.82, 2.24) is 14.6 Å². The third kappa shape index (κ3) is 6.26. The number of carbonyl (C=O) groups is 1. The number of carboxylic acid groups (broad SMARTS) is 1. The molecular formula is C23H22F4N3O9P. The van der Waals surface area contributed by atoms with E-state index in [0.29, 0.717) is 21.5 Å². The van der Waals surface area contributed by atoms with E-state index in [1.54, 1.807) is 29.2 Å². The molecule has 0 spiro atoms. The molecule has 0 aliphatic carbocycles. The Hall–Kier alpha value is -3.56. The topological polar surface area (TPSA) is 169 Å². The highest BCUT2D eigenvalue weighted by Gasteiger charge is 2.56. The minimum absolute atomic E-state index is 0.200. The molecule has 0 radical (unpaired) electrons. The number of hydrogen-bond donors (Lipinski definition) is 4. The van der Waals surface area contributed by atoms with Gasteiger partial charge in [-0.05, 0) is 18.4 Å². The van der Waals surface area contributed by atoms with Gasteiger partial charge in [-0.3, -0.25) is 23.7 Å². The van der Waals surface area contributed by atoms with Crippen LogP contribution in [-0.4, -0.2) is 56.3 Å². The number of aliphatic carboxylic acids is 1. The zero-order chi connectivity index (χ0) is 29.4. The number of halogens is 4. The average Bonchev–Trinajstić information content (AvgIpc) is 3.25. The van der Waals surface area contributed by atoms with E-state index in [0.717, 1.165) is 6.92 Å². The minimum atomic E-state index is -5.38. The number of aliphatic hydroxyl groups is 1. The van der Waals surface area contributed by atoms with Crippen molar-refractivity contribution in [3.8, 4) is 5.75 Å². The lowest BCUT2D eigenvalue weighted by Gasteiger charge is -2.31. The predicted molar refractivity (Wildman–Crippen MR) is 129 cm³/mol. The summed E-state index contributed by atoms with van der Waals surface area (Å²) < 4.78 is 86.3. The van der Waals surface area contributed by atoms with Crippen LogP contribution in [-0.2, 0) is 18.6 Å². The molecule has 4 N–H and O–H groups in total. The van der Waals surface area contributed by atoms with Gasteiger partial charge in [0, 0.05) is 11.8 Å². The molecule has 2 unspecified atom stereocenters. The van der Waals surface area contributed by atoms with Crippen LogP contribution in [0.5, 0.6) is 5.75 Å². The number of nitrogens with zero attached hydrogens (tertiary/aromatic N) is 1. The normalized spacial score (nSPS) is 22.5. The van der Waals surface area contributed by atoms with Crippen LogP contribution in [0.15, 0.2) is 58.3 Å². The SMILES string of the molecule is CC(N[P@@](=O)(Oc1cccc2ccccc12)OC([C@H]1O[C@@H](n2cc(F)c(=O)[nH]c2=O)C[C@@H]1O)C(F)(F)F)C(=O)O. The van der Waals surface area contributed by atoms with Crippen LogP contribution in [0.1, 0.15) is 19.6 Å². The van der Waals surface area contributed by atoms with E-state index in [4.69, 9.17) is 13.8 Å². The third-order valence-electron chi connectivity index (χ3n) is 5.93. The fourth-order valence-corrected chi connectivity index (χ4v) is 5.72. The highest BCUT2D eigenvalue weighted by molar-refractivity contribution is 7.52. The van der Waals surface area contributed by atoms with E-state index in [2.05, 4.69) is 0 Å². The molecule has 6 atom stereocenters. The Labute approximate surface area is 221 Å². The summed E-state index contributed by atoms with van der Waals surface area (Å²) in [7, 11) is -5.22. The van der Waals surface area contributed by atoms with Crippen LogP contribution in [0.3, 0.4) is 0 Å². The molecule has 1 aliphatic heterocycles. The smallest absolute Gasteiger partial charge is 0.460 e. The fourth-order valence-electron chi connectivity index (χ4n) is 4.03. The minimum Gasteiger partial charge on any atom is -0.480 e. The van der Waals surface area contributed by atoms with Gasteiger partial charge in [0.2, 0.25) is 5.82 Å². The van der Waals surface area contributed by atoms with Gasteiger partial charge in [0.25, 0.3) is 5.56 Å². The summed E-state index contributed by atoms with van der Waals surface area (Å²) in [4.78, 5) is 36.4. The highest BCUT2D eigenvalue weighted by atomic mass is 31.2. The second-order valence-corrected chi connectivity index (χ2v) is 10.5. The molecule has 216 valence electrons. The first-order valence-electron chi connectivity index (χ1n) is 11.6. The van der Waals surface area contributed by atoms with Crippen LogP contribution in [0, 0.1) is 5.82 Å². The molecule has 0 saturated carbocycles. The van der Waals surface area contributed by atoms with Gasteiger partial charge in [-0.25, -0.2) is 9.36 Å². The van der Waals surface area contributed by atoms with Gasteiger partial charge in [0.15, 0.2) is 6.10 Å². The Morgan fingerprint density at radius 3 is 2.58 bits per heavy atom. The van der Waals surface area contributed by atoms with Crippen LogP contribution in [0.4, 0.5) is 17.6 Å². The summed E-state index contributed by atoms with van der Waals surface area (Å²) in [6.45, 7) is 0.988. The third-order valence-corrected chi connectivity index (χ3v) is 7.58. The van der Waals surface area contributed by atoms with Crippen LogP contribution >= 0.6 is 7.75 Å². The van der Waals surface area contributed by atoms with Crippen LogP contribution in [0.25, 0.3) is 10.8 Å². The van der Waals surface area contributed by atoms with Gasteiger partial charge in [0.05, 0.1) is 12.3 Å². The number of aliphatic hydroxyl groups excluding tert-OH is 1. The molecule has 0 bridgehead atoms. The number of aromatic nitrogens is 2. The molecule has 40 heavy (non-hydrogen) atoms. The van der Waals surface area contributed by atoms with Crippen LogP contribution < -0.4 is 20.9 Å². The average molecular weight is 591 g/mol. The van der Waals surface area contributed by atoms with Gasteiger partial charge in [0.1, 0.15) is 24.1 Å². The van der Waals surface area contributed by atoms with Crippen molar-refractivity contribution in [3.05, 3.63) is 75.3 Å². The number of H-pyrrole nitrogens is 1. The second kappa shape index (κ2) is 11.1. The summed E-state index contributed by atoms with van der Waals surface area (Å²) in [6.07, 6.45) is -14.9. The fraction of sp³-hybridized carbons (Fsp3) is 0.348. The van der Waals surface area contributed by atoms with Gasteiger partial charge < -0.3 is 19.5 Å². The zero-order valence-electron chi connectivity index (χ0n) is 20.4. The van der Waals surface area contributed by atoms with Gasteiger partial charge in [-0.1, -0.05) is 36.4 Å². The molecule has 4 rings (SSSR count). The number of rotatable bonds is 9. The van der Waals surface area contributed by atoms with Gasteiger partial charge >= 0.3 is 25.6 Å². The maximum absolute atomic E-state index is 14.3. The zero-order valence-corrected chi connectivity index (χ0v) is 21.3. The summed E-state index contributed by atoms with van der Waals surface area (Å²) in [5.74, 6) is -3.23. The molecule has 3 aromatic rings. The molecule has 1 aliphatic rings. The first-order chi connectivity index (χ1) is 18.7. The number of hydrogen-bond acceptors (Lipinski definition) is 8. The maximum atomic E-state index is 14.3. The van der Waals surface area contributed by atoms with Crippen molar-refractivity contribution in [2.45, 2.75) is 50.1 Å². The summed E-state index contributed by atoms with van der Waals surface area (Å²) in [6, 6.07) is 9.07. The van der Waals surface area contributed by atoms with Crippen molar-refractivity contribution in [1.29, 1.82) is 0 Å². The number of aromatic amines is 1. The van der Waals surface area contributed by atoms with Crippen molar-refractivity contribution < 1.29 is 50.9 Å². The van der Waals surface area contributed by atoms with Crippen LogP contribution in [0.2, 0.25) is 0 Å². The summed E-state index contributed by atoms with van der Waals surface area (Å²) >= 11 is 0. The van der Waals surface area contributed by atoms with E-state index in [1.807, 2.05) is 5.09 Å². The Balaban J connectivity index is 1.70. The monoisotopic (exact) mass is 591 g/mol. The standard InChI is InChI=1S/C23H22F4N3O9P/c1-11(21(33)34)29-40(36,38-16-8-4-6-12-5-2-3-7-13(12)16)39-19(23(25,26)27)18-15(31)9-17(37-18)30-10-14(24)20(32)28-22(30)35/h2-8,10-11,15,17-19,31H,9H2,1H3,(H,29,36)(H,33,34)(H,28,32,35)/t11?,15-,17+,18-,19?,40+/m0/s1. The van der Waals surface area contributed by atoms with Gasteiger partial charge in [-0.2, -0.15) is 22.6 Å². The van der Waals surface area contributed by atoms with Crippen molar-refractivity contribution >= 4 is 24.5 Å². The highest BCUT2D eigenvalue weighted by Crippen LogP contribution is 2.51. The Morgan fingerprint density at radius 1 is 1.23 bits per heavy atom. The molecular weight excluding hydrogens is 569 g/mol. The lowest BCUT2D eigenvalue weighted by Crippen LogP contribution is -2.48. The number of fused-ring (bicyclic) bond motifs is 1. The van der Waals surface area contributed by atoms with E-state index in [9.17, 15) is 46.7 Å². The number of nitrogens with one attached hydrogen (secondary N) is 2. The van der Waals surface area contributed by atoms with E-state index < -0.39 is 74.0 Å². The first kappa shape index (κ1) is 29.4. The molecule has 2 aromatic carbocycles. The number of carboxylic acids is 1. The first-order valence-corrected chi connectivity index (χ1v) is 13.1.